The number of carbonyl (C=O) groups is 4. The first-order chi connectivity index (χ1) is 14.4. The van der Waals surface area contributed by atoms with Crippen LogP contribution in [0, 0.1) is 34.0 Å². The Bertz CT molecular complexity index is 873. The van der Waals surface area contributed by atoms with Crippen molar-refractivity contribution in [2.24, 2.45) is 34.0 Å². The van der Waals surface area contributed by atoms with Crippen molar-refractivity contribution in [3.63, 3.8) is 0 Å². The molecule has 0 aromatic rings. The highest BCUT2D eigenvalue weighted by Crippen LogP contribution is 2.71. The number of esters is 1. The number of hydrogen-bond acceptors (Lipinski definition) is 6. The van der Waals surface area contributed by atoms with E-state index in [0.29, 0.717) is 37.7 Å². The molecule has 0 heterocycles. The summed E-state index contributed by atoms with van der Waals surface area (Å²) in [6, 6.07) is 0. The largest absolute Gasteiger partial charge is 0.481 e. The summed E-state index contributed by atoms with van der Waals surface area (Å²) in [6.45, 7) is 9.95. The van der Waals surface area contributed by atoms with Gasteiger partial charge in [-0.05, 0) is 48.5 Å². The van der Waals surface area contributed by atoms with Crippen LogP contribution in [0.4, 0.5) is 0 Å². The van der Waals surface area contributed by atoms with Crippen LogP contribution in [-0.2, 0) is 23.9 Å². The van der Waals surface area contributed by atoms with Crippen LogP contribution in [-0.4, -0.2) is 45.9 Å². The fourth-order valence-corrected chi connectivity index (χ4v) is 7.68. The van der Waals surface area contributed by atoms with Gasteiger partial charge >= 0.3 is 11.9 Å². The molecule has 2 N–H and O–H groups in total. The van der Waals surface area contributed by atoms with Crippen LogP contribution < -0.4 is 0 Å². The summed E-state index contributed by atoms with van der Waals surface area (Å²) in [5.74, 6) is -2.55. The Morgan fingerprint density at radius 2 is 1.81 bits per heavy atom. The van der Waals surface area contributed by atoms with Crippen molar-refractivity contribution in [2.75, 3.05) is 0 Å². The number of rotatable bonds is 4. The number of hydrogen-bond donors (Lipinski definition) is 2. The molecule has 0 radical (unpaired) electrons. The average Bonchev–Trinajstić information content (AvgIpc) is 2.80. The van der Waals surface area contributed by atoms with Crippen molar-refractivity contribution in [3.05, 3.63) is 12.2 Å². The minimum atomic E-state index is -1.26. The molecule has 31 heavy (non-hydrogen) atoms. The maximum absolute atomic E-state index is 13.6. The second-order valence-electron chi connectivity index (χ2n) is 10.8. The summed E-state index contributed by atoms with van der Waals surface area (Å²) in [5, 5.41) is 20.3. The maximum Gasteiger partial charge on any atom is 0.306 e. The lowest BCUT2D eigenvalue weighted by atomic mass is 9.39. The standard InChI is InChI=1S/C24H32O7/c1-12-13-5-6-14-23(4)10-9-16(25)22(2,3)15(23)11-17(24(14,20(12)29)21(13)30)31-19(28)8-7-18(26)27/h13-15,17,21,30H,1,5-11H2,2-4H3,(H,26,27)/t13?,14?,15-,17?,21?,23+,24?/m1/s1. The highest BCUT2D eigenvalue weighted by molar-refractivity contribution is 6.04. The average molecular weight is 433 g/mol. The third-order valence-corrected chi connectivity index (χ3v) is 9.22. The van der Waals surface area contributed by atoms with E-state index in [1.54, 1.807) is 0 Å². The second kappa shape index (κ2) is 6.99. The molecule has 2 bridgehead atoms. The Morgan fingerprint density at radius 3 is 2.45 bits per heavy atom. The van der Waals surface area contributed by atoms with E-state index < -0.39 is 35.0 Å². The molecule has 0 aromatic carbocycles. The monoisotopic (exact) mass is 432 g/mol. The molecule has 7 heteroatoms. The Hall–Kier alpha value is -2.02. The van der Waals surface area contributed by atoms with Crippen LogP contribution in [0.2, 0.25) is 0 Å². The van der Waals surface area contributed by atoms with Gasteiger partial charge in [0.25, 0.3) is 0 Å². The van der Waals surface area contributed by atoms with Crippen LogP contribution in [0.5, 0.6) is 0 Å². The van der Waals surface area contributed by atoms with Gasteiger partial charge in [-0.25, -0.2) is 0 Å². The summed E-state index contributed by atoms with van der Waals surface area (Å²) >= 11 is 0. The highest BCUT2D eigenvalue weighted by atomic mass is 16.5. The lowest BCUT2D eigenvalue weighted by Crippen LogP contribution is -2.68. The van der Waals surface area contributed by atoms with E-state index in [2.05, 4.69) is 13.5 Å². The van der Waals surface area contributed by atoms with Gasteiger partial charge in [-0.2, -0.15) is 0 Å². The van der Waals surface area contributed by atoms with Crippen LogP contribution in [0.1, 0.15) is 65.7 Å². The summed E-state index contributed by atoms with van der Waals surface area (Å²) in [5.41, 5.74) is -1.86. The van der Waals surface area contributed by atoms with Crippen LogP contribution in [0.15, 0.2) is 12.2 Å². The molecule has 0 aromatic heterocycles. The highest BCUT2D eigenvalue weighted by Gasteiger charge is 2.75. The molecule has 4 rings (SSSR count). The van der Waals surface area contributed by atoms with E-state index in [-0.39, 0.29) is 47.6 Å². The number of carbonyl (C=O) groups excluding carboxylic acids is 3. The minimum Gasteiger partial charge on any atom is -0.481 e. The molecule has 170 valence electrons. The first-order valence-electron chi connectivity index (χ1n) is 11.2. The first kappa shape index (κ1) is 22.2. The molecule has 0 aliphatic heterocycles. The zero-order valence-corrected chi connectivity index (χ0v) is 18.5. The molecular formula is C24H32O7. The Labute approximate surface area is 182 Å². The SMILES string of the molecule is C=C1C(=O)C23C(OC(=O)CCC(=O)O)C[C@@H]4C(C)(C)C(=O)CC[C@@]4(C)C2CCC1C3O. The molecule has 7 nitrogen and oxygen atoms in total. The van der Waals surface area contributed by atoms with Gasteiger partial charge in [0.15, 0.2) is 5.78 Å². The van der Waals surface area contributed by atoms with Crippen LogP contribution in [0.25, 0.3) is 0 Å². The molecule has 1 spiro atoms. The normalized spacial score (nSPS) is 43.2. The second-order valence-corrected chi connectivity index (χ2v) is 10.8. The van der Waals surface area contributed by atoms with Gasteiger partial charge in [-0.1, -0.05) is 27.4 Å². The van der Waals surface area contributed by atoms with E-state index in [9.17, 15) is 24.3 Å². The Kier molecular flexibility index (Phi) is 5.00. The van der Waals surface area contributed by atoms with Crippen LogP contribution in [0.3, 0.4) is 0 Å². The number of carboxylic acid groups (broad SMARTS) is 1. The van der Waals surface area contributed by atoms with Crippen molar-refractivity contribution in [1.29, 1.82) is 0 Å². The summed E-state index contributed by atoms with van der Waals surface area (Å²) in [6.07, 6.45) is 0.181. The number of ether oxygens (including phenoxy) is 1. The third-order valence-electron chi connectivity index (χ3n) is 9.22. The first-order valence-corrected chi connectivity index (χ1v) is 11.2. The third kappa shape index (κ3) is 2.81. The zero-order valence-electron chi connectivity index (χ0n) is 18.5. The Morgan fingerprint density at radius 1 is 1.13 bits per heavy atom. The van der Waals surface area contributed by atoms with Gasteiger partial charge < -0.3 is 14.9 Å². The fraction of sp³-hybridized carbons (Fsp3) is 0.750. The molecule has 4 aliphatic rings. The van der Waals surface area contributed by atoms with Crippen molar-refractivity contribution < 1.29 is 34.1 Å². The van der Waals surface area contributed by atoms with Gasteiger partial charge in [0.2, 0.25) is 0 Å². The maximum atomic E-state index is 13.6. The number of ketones is 2. The predicted molar refractivity (Wildman–Crippen MR) is 110 cm³/mol. The van der Waals surface area contributed by atoms with Gasteiger partial charge in [0.1, 0.15) is 11.9 Å². The summed E-state index contributed by atoms with van der Waals surface area (Å²) in [7, 11) is 0. The van der Waals surface area contributed by atoms with E-state index in [4.69, 9.17) is 9.84 Å². The van der Waals surface area contributed by atoms with Crippen molar-refractivity contribution >= 4 is 23.5 Å². The zero-order chi connectivity index (χ0) is 22.9. The molecule has 7 atom stereocenters. The van der Waals surface area contributed by atoms with Gasteiger partial charge in [-0.3, -0.25) is 19.2 Å². The number of aliphatic carboxylic acids is 1. The van der Waals surface area contributed by atoms with Gasteiger partial charge in [-0.15, -0.1) is 0 Å². The molecule has 4 fully saturated rings. The number of fused-ring (bicyclic) bond motifs is 3. The number of aliphatic hydroxyl groups excluding tert-OH is 1. The van der Waals surface area contributed by atoms with E-state index in [0.717, 1.165) is 0 Å². The topological polar surface area (TPSA) is 118 Å². The van der Waals surface area contributed by atoms with Crippen molar-refractivity contribution in [2.45, 2.75) is 77.9 Å². The molecule has 0 saturated heterocycles. The van der Waals surface area contributed by atoms with Gasteiger partial charge in [0.05, 0.1) is 24.4 Å². The Balaban J connectivity index is 1.80. The molecule has 5 unspecified atom stereocenters. The molecule has 4 aliphatic carbocycles. The summed E-state index contributed by atoms with van der Waals surface area (Å²) in [4.78, 5) is 49.9. The van der Waals surface area contributed by atoms with E-state index in [1.165, 1.54) is 0 Å². The van der Waals surface area contributed by atoms with Crippen molar-refractivity contribution in [1.82, 2.24) is 0 Å². The molecular weight excluding hydrogens is 400 g/mol. The van der Waals surface area contributed by atoms with Gasteiger partial charge in [0, 0.05) is 17.8 Å². The number of aliphatic hydroxyl groups is 1. The minimum absolute atomic E-state index is 0.112. The summed E-state index contributed by atoms with van der Waals surface area (Å²) < 4.78 is 5.81. The predicted octanol–water partition coefficient (Wildman–Crippen LogP) is 2.69. The number of Topliss-reactive ketones (excluding diaryl/α,β-unsaturated/α-hetero) is 2. The number of carboxylic acids is 1. The fourth-order valence-electron chi connectivity index (χ4n) is 7.68. The molecule has 4 saturated carbocycles. The molecule has 0 amide bonds. The quantitative estimate of drug-likeness (QED) is 0.518. The van der Waals surface area contributed by atoms with E-state index in [1.807, 2.05) is 13.8 Å². The lowest BCUT2D eigenvalue weighted by Gasteiger charge is -2.64. The van der Waals surface area contributed by atoms with E-state index >= 15 is 0 Å². The van der Waals surface area contributed by atoms with Crippen LogP contribution >= 0.6 is 0 Å². The smallest absolute Gasteiger partial charge is 0.306 e. The van der Waals surface area contributed by atoms with Crippen molar-refractivity contribution in [3.8, 4) is 0 Å². The lowest BCUT2D eigenvalue weighted by molar-refractivity contribution is -0.231.